The van der Waals surface area contributed by atoms with E-state index in [0.717, 1.165) is 47.8 Å². The second-order valence-electron chi connectivity index (χ2n) is 5.70. The first-order valence-corrected chi connectivity index (χ1v) is 7.59. The largest absolute Gasteiger partial charge is 0.478 e. The topological polar surface area (TPSA) is 96.2 Å². The van der Waals surface area contributed by atoms with Crippen LogP contribution in [0.25, 0.3) is 10.9 Å². The molecule has 0 aliphatic carbocycles. The molecule has 22 heavy (non-hydrogen) atoms. The fraction of sp³-hybridized carbons (Fsp3) is 0.412. The van der Waals surface area contributed by atoms with Crippen molar-refractivity contribution in [3.8, 4) is 0 Å². The van der Waals surface area contributed by atoms with Gasteiger partial charge in [-0.1, -0.05) is 19.8 Å². The van der Waals surface area contributed by atoms with E-state index in [9.17, 15) is 14.7 Å². The number of nitrogens with two attached hydrogens (primary N) is 1. The summed E-state index contributed by atoms with van der Waals surface area (Å²) in [6, 6.07) is 3.47. The zero-order chi connectivity index (χ0) is 16.3. The van der Waals surface area contributed by atoms with Gasteiger partial charge in [-0.15, -0.1) is 0 Å². The number of aryl methyl sites for hydroxylation is 2. The van der Waals surface area contributed by atoms with Crippen molar-refractivity contribution in [2.24, 2.45) is 5.73 Å². The number of unbranched alkanes of at least 4 members (excludes halogenated alkanes) is 2. The van der Waals surface area contributed by atoms with E-state index >= 15 is 0 Å². The zero-order valence-corrected chi connectivity index (χ0v) is 13.0. The highest BCUT2D eigenvalue weighted by Gasteiger charge is 2.17. The Morgan fingerprint density at radius 2 is 2.00 bits per heavy atom. The highest BCUT2D eigenvalue weighted by molar-refractivity contribution is 5.97. The van der Waals surface area contributed by atoms with Gasteiger partial charge in [-0.05, 0) is 43.0 Å². The lowest BCUT2D eigenvalue weighted by molar-refractivity contribution is -0.117. The predicted octanol–water partition coefficient (Wildman–Crippen LogP) is 2.94. The van der Waals surface area contributed by atoms with Gasteiger partial charge in [-0.2, -0.15) is 0 Å². The molecule has 2 aromatic rings. The van der Waals surface area contributed by atoms with Gasteiger partial charge in [0, 0.05) is 16.6 Å². The standard InChI is InChI=1S/C17H22N2O3/c1-3-4-5-6-14-13(9-16(18)20)12-7-10(2)11(17(21)22)8-15(12)19-14/h7-8,19H,3-6,9H2,1-2H3,(H2,18,20)(H,21,22). The average Bonchev–Trinajstić information content (AvgIpc) is 2.75. The summed E-state index contributed by atoms with van der Waals surface area (Å²) in [7, 11) is 0. The third kappa shape index (κ3) is 3.30. The van der Waals surface area contributed by atoms with Gasteiger partial charge >= 0.3 is 5.97 Å². The van der Waals surface area contributed by atoms with Crippen molar-refractivity contribution in [2.75, 3.05) is 0 Å². The van der Waals surface area contributed by atoms with Crippen molar-refractivity contribution in [1.29, 1.82) is 0 Å². The molecule has 0 aliphatic heterocycles. The second-order valence-corrected chi connectivity index (χ2v) is 5.70. The molecule has 118 valence electrons. The van der Waals surface area contributed by atoms with Crippen molar-refractivity contribution in [2.45, 2.75) is 46.0 Å². The zero-order valence-electron chi connectivity index (χ0n) is 13.0. The van der Waals surface area contributed by atoms with Crippen molar-refractivity contribution in [3.05, 3.63) is 34.5 Å². The molecule has 5 heteroatoms. The fourth-order valence-corrected chi connectivity index (χ4v) is 2.83. The summed E-state index contributed by atoms with van der Waals surface area (Å²) in [5.74, 6) is -1.32. The third-order valence-electron chi connectivity index (χ3n) is 3.95. The van der Waals surface area contributed by atoms with Gasteiger partial charge in [-0.25, -0.2) is 4.79 Å². The average molecular weight is 302 g/mol. The van der Waals surface area contributed by atoms with Crippen molar-refractivity contribution in [1.82, 2.24) is 4.98 Å². The molecule has 0 bridgehead atoms. The molecule has 0 atom stereocenters. The molecular weight excluding hydrogens is 280 g/mol. The molecule has 4 N–H and O–H groups in total. The molecule has 0 fully saturated rings. The van der Waals surface area contributed by atoms with E-state index in [1.807, 2.05) is 6.07 Å². The van der Waals surface area contributed by atoms with Gasteiger partial charge in [-0.3, -0.25) is 4.79 Å². The lowest BCUT2D eigenvalue weighted by Gasteiger charge is -2.04. The first-order chi connectivity index (χ1) is 10.4. The number of hydrogen-bond acceptors (Lipinski definition) is 2. The number of H-pyrrole nitrogens is 1. The van der Waals surface area contributed by atoms with Crippen LogP contribution in [-0.4, -0.2) is 22.0 Å². The first-order valence-electron chi connectivity index (χ1n) is 7.59. The maximum atomic E-state index is 11.4. The van der Waals surface area contributed by atoms with Gasteiger partial charge in [0.05, 0.1) is 12.0 Å². The minimum absolute atomic E-state index is 0.174. The molecule has 0 unspecified atom stereocenters. The lowest BCUT2D eigenvalue weighted by atomic mass is 10.00. The van der Waals surface area contributed by atoms with Gasteiger partial charge < -0.3 is 15.8 Å². The van der Waals surface area contributed by atoms with Gasteiger partial charge in [0.15, 0.2) is 0 Å². The van der Waals surface area contributed by atoms with Gasteiger partial charge in [0.25, 0.3) is 0 Å². The Morgan fingerprint density at radius 1 is 1.27 bits per heavy atom. The van der Waals surface area contributed by atoms with Crippen LogP contribution in [0.4, 0.5) is 0 Å². The molecule has 2 rings (SSSR count). The maximum Gasteiger partial charge on any atom is 0.336 e. The minimum atomic E-state index is -0.946. The van der Waals surface area contributed by atoms with Crippen molar-refractivity contribution < 1.29 is 14.7 Å². The van der Waals surface area contributed by atoms with Gasteiger partial charge in [0.2, 0.25) is 5.91 Å². The number of primary amides is 1. The molecule has 0 saturated heterocycles. The second kappa shape index (κ2) is 6.64. The van der Waals surface area contributed by atoms with E-state index < -0.39 is 5.97 Å². The molecule has 1 aromatic heterocycles. The number of aromatic carboxylic acids is 1. The van der Waals surface area contributed by atoms with Crippen LogP contribution in [0.5, 0.6) is 0 Å². The highest BCUT2D eigenvalue weighted by atomic mass is 16.4. The van der Waals surface area contributed by atoms with Crippen molar-refractivity contribution >= 4 is 22.8 Å². The van der Waals surface area contributed by atoms with Crippen LogP contribution in [0.2, 0.25) is 0 Å². The van der Waals surface area contributed by atoms with Crippen LogP contribution in [0.15, 0.2) is 12.1 Å². The molecule has 0 saturated carbocycles. The number of hydrogen-bond donors (Lipinski definition) is 3. The molecule has 5 nitrogen and oxygen atoms in total. The summed E-state index contributed by atoms with van der Waals surface area (Å²) in [5.41, 5.74) is 8.98. The monoisotopic (exact) mass is 302 g/mol. The number of carboxylic acids is 1. The first kappa shape index (κ1) is 16.1. The van der Waals surface area contributed by atoms with E-state index in [1.54, 1.807) is 13.0 Å². The number of nitrogens with one attached hydrogen (secondary N) is 1. The molecule has 1 amide bonds. The van der Waals surface area contributed by atoms with E-state index in [-0.39, 0.29) is 17.9 Å². The maximum absolute atomic E-state index is 11.4. The van der Waals surface area contributed by atoms with Gasteiger partial charge in [0.1, 0.15) is 0 Å². The minimum Gasteiger partial charge on any atom is -0.478 e. The summed E-state index contributed by atoms with van der Waals surface area (Å²) in [6.07, 6.45) is 4.28. The SMILES string of the molecule is CCCCCc1[nH]c2cc(C(=O)O)c(C)cc2c1CC(N)=O. The van der Waals surface area contributed by atoms with E-state index in [4.69, 9.17) is 5.73 Å². The fourth-order valence-electron chi connectivity index (χ4n) is 2.83. The molecule has 0 radical (unpaired) electrons. The normalized spacial score (nSPS) is 11.0. The summed E-state index contributed by atoms with van der Waals surface area (Å²) in [5, 5.41) is 10.1. The van der Waals surface area contributed by atoms with Crippen LogP contribution >= 0.6 is 0 Å². The number of aromatic nitrogens is 1. The van der Waals surface area contributed by atoms with Crippen LogP contribution in [0.3, 0.4) is 0 Å². The summed E-state index contributed by atoms with van der Waals surface area (Å²) >= 11 is 0. The molecule has 1 heterocycles. The lowest BCUT2D eigenvalue weighted by Crippen LogP contribution is -2.14. The number of fused-ring (bicyclic) bond motifs is 1. The molecule has 1 aromatic carbocycles. The Morgan fingerprint density at radius 3 is 2.59 bits per heavy atom. The van der Waals surface area contributed by atoms with Crippen LogP contribution in [0.1, 0.15) is 53.4 Å². The van der Waals surface area contributed by atoms with Crippen LogP contribution < -0.4 is 5.73 Å². The number of aromatic amines is 1. The Bertz CT molecular complexity index is 716. The number of carboxylic acid groups (broad SMARTS) is 1. The highest BCUT2D eigenvalue weighted by Crippen LogP contribution is 2.27. The molecule has 0 spiro atoms. The van der Waals surface area contributed by atoms with Crippen molar-refractivity contribution in [3.63, 3.8) is 0 Å². The van der Waals surface area contributed by atoms with E-state index in [2.05, 4.69) is 11.9 Å². The predicted molar refractivity (Wildman–Crippen MR) is 86.1 cm³/mol. The Kier molecular flexibility index (Phi) is 4.85. The Hall–Kier alpha value is -2.30. The number of amides is 1. The number of carbonyl (C=O) groups is 2. The number of rotatable bonds is 7. The Labute approximate surface area is 129 Å². The summed E-state index contributed by atoms with van der Waals surface area (Å²) in [4.78, 5) is 25.9. The summed E-state index contributed by atoms with van der Waals surface area (Å²) < 4.78 is 0. The number of carbonyl (C=O) groups excluding carboxylic acids is 1. The quantitative estimate of drug-likeness (QED) is 0.686. The molecular formula is C17H22N2O3. The van der Waals surface area contributed by atoms with E-state index in [1.165, 1.54) is 0 Å². The Balaban J connectivity index is 2.52. The van der Waals surface area contributed by atoms with E-state index in [0.29, 0.717) is 5.56 Å². The summed E-state index contributed by atoms with van der Waals surface area (Å²) in [6.45, 7) is 3.90. The smallest absolute Gasteiger partial charge is 0.336 e. The molecule has 0 aliphatic rings. The van der Waals surface area contributed by atoms with Crippen LogP contribution in [0, 0.1) is 6.92 Å². The van der Waals surface area contributed by atoms with Crippen LogP contribution in [-0.2, 0) is 17.6 Å². The third-order valence-corrected chi connectivity index (χ3v) is 3.95. The number of benzene rings is 1.